The minimum absolute atomic E-state index is 0.353. The third-order valence-corrected chi connectivity index (χ3v) is 5.63. The first-order valence-electron chi connectivity index (χ1n) is 7.67. The Morgan fingerprint density at radius 2 is 1.67 bits per heavy atom. The first-order chi connectivity index (χ1) is 8.58. The monoisotopic (exact) mass is 266 g/mol. The van der Waals surface area contributed by atoms with Crippen LogP contribution < -0.4 is 10.6 Å². The molecule has 0 spiro atoms. The van der Waals surface area contributed by atoms with Crippen LogP contribution in [0.15, 0.2) is 0 Å². The average Bonchev–Trinajstić information content (AvgIpc) is 2.25. The number of thiocarbonyl (C=S) groups is 1. The van der Waals surface area contributed by atoms with Gasteiger partial charge in [-0.3, -0.25) is 0 Å². The Labute approximate surface area is 116 Å². The summed E-state index contributed by atoms with van der Waals surface area (Å²) in [5, 5.41) is 8.03. The summed E-state index contributed by atoms with van der Waals surface area (Å²) in [5.41, 5.74) is 0.353. The zero-order valence-corrected chi connectivity index (χ0v) is 12.5. The molecule has 4 aliphatic rings. The van der Waals surface area contributed by atoms with Crippen LogP contribution in [0, 0.1) is 17.8 Å². The van der Waals surface area contributed by atoms with Crippen LogP contribution in [0.2, 0.25) is 0 Å². The molecule has 0 aromatic carbocycles. The lowest BCUT2D eigenvalue weighted by atomic mass is 9.53. The number of hydrogen-bond donors (Lipinski definition) is 2. The maximum atomic E-state index is 5.51. The molecule has 2 nitrogen and oxygen atoms in total. The van der Waals surface area contributed by atoms with Crippen LogP contribution in [0.3, 0.4) is 0 Å². The molecular weight excluding hydrogens is 240 g/mol. The highest BCUT2D eigenvalue weighted by Crippen LogP contribution is 2.55. The van der Waals surface area contributed by atoms with Gasteiger partial charge < -0.3 is 10.6 Å². The van der Waals surface area contributed by atoms with E-state index >= 15 is 0 Å². The Hall–Kier alpha value is -0.310. The molecule has 0 aromatic rings. The molecule has 4 aliphatic carbocycles. The van der Waals surface area contributed by atoms with E-state index in [-0.39, 0.29) is 0 Å². The first kappa shape index (κ1) is 12.7. The van der Waals surface area contributed by atoms with E-state index in [1.54, 1.807) is 0 Å². The average molecular weight is 266 g/mol. The molecule has 4 saturated carbocycles. The minimum Gasteiger partial charge on any atom is -0.360 e. The lowest BCUT2D eigenvalue weighted by molar-refractivity contribution is -0.0102. The second-order valence-electron chi connectivity index (χ2n) is 7.11. The lowest BCUT2D eigenvalue weighted by Crippen LogP contribution is -2.61. The molecule has 102 valence electrons. The van der Waals surface area contributed by atoms with E-state index in [1.807, 2.05) is 0 Å². The van der Waals surface area contributed by atoms with Crippen molar-refractivity contribution in [2.45, 2.75) is 70.4 Å². The van der Waals surface area contributed by atoms with Crippen molar-refractivity contribution in [3.8, 4) is 0 Å². The Bertz CT molecular complexity index is 304. The summed E-state index contributed by atoms with van der Waals surface area (Å²) in [7, 11) is 0. The molecule has 2 N–H and O–H groups in total. The van der Waals surface area contributed by atoms with Gasteiger partial charge in [-0.05, 0) is 81.8 Å². The van der Waals surface area contributed by atoms with Crippen molar-refractivity contribution >= 4 is 17.3 Å². The summed E-state index contributed by atoms with van der Waals surface area (Å²) in [5.74, 6) is 2.94. The molecule has 0 radical (unpaired) electrons. The summed E-state index contributed by atoms with van der Waals surface area (Å²) >= 11 is 5.51. The number of nitrogens with one attached hydrogen (secondary N) is 2. The van der Waals surface area contributed by atoms with Crippen LogP contribution in [-0.2, 0) is 0 Å². The lowest BCUT2D eigenvalue weighted by Gasteiger charge is -2.57. The van der Waals surface area contributed by atoms with E-state index in [4.69, 9.17) is 12.2 Å². The van der Waals surface area contributed by atoms with Crippen LogP contribution in [0.1, 0.15) is 58.8 Å². The summed E-state index contributed by atoms with van der Waals surface area (Å²) in [6.07, 6.45) is 9.69. The van der Waals surface area contributed by atoms with Crippen molar-refractivity contribution < 1.29 is 0 Å². The van der Waals surface area contributed by atoms with Crippen molar-refractivity contribution in [1.29, 1.82) is 0 Å². The fourth-order valence-electron chi connectivity index (χ4n) is 4.87. The van der Waals surface area contributed by atoms with E-state index in [0.717, 1.165) is 29.3 Å². The molecule has 0 aromatic heterocycles. The molecule has 0 aliphatic heterocycles. The van der Waals surface area contributed by atoms with Gasteiger partial charge in [-0.25, -0.2) is 0 Å². The van der Waals surface area contributed by atoms with Crippen molar-refractivity contribution in [1.82, 2.24) is 10.6 Å². The van der Waals surface area contributed by atoms with E-state index in [9.17, 15) is 0 Å². The third-order valence-electron chi connectivity index (χ3n) is 5.41. The maximum absolute atomic E-state index is 5.51. The summed E-state index contributed by atoms with van der Waals surface area (Å²) in [6.45, 7) is 4.40. The Kier molecular flexibility index (Phi) is 3.29. The fourth-order valence-corrected chi connectivity index (χ4v) is 5.28. The zero-order chi connectivity index (χ0) is 12.8. The fraction of sp³-hybridized carbons (Fsp3) is 0.933. The highest BCUT2D eigenvalue weighted by molar-refractivity contribution is 7.80. The second-order valence-corrected chi connectivity index (χ2v) is 7.51. The zero-order valence-electron chi connectivity index (χ0n) is 11.7. The highest BCUT2D eigenvalue weighted by atomic mass is 32.1. The van der Waals surface area contributed by atoms with E-state index < -0.39 is 0 Å². The SMILES string of the molecule is CC[C@@H](C)NC(=S)NC12CC3CC(CC(C3)C1)C2. The van der Waals surface area contributed by atoms with Crippen LogP contribution in [0.4, 0.5) is 0 Å². The molecule has 1 atom stereocenters. The van der Waals surface area contributed by atoms with Gasteiger partial charge in [0, 0.05) is 11.6 Å². The molecule has 3 heteroatoms. The minimum atomic E-state index is 0.353. The van der Waals surface area contributed by atoms with Crippen molar-refractivity contribution in [2.24, 2.45) is 17.8 Å². The van der Waals surface area contributed by atoms with Gasteiger partial charge in [0.25, 0.3) is 0 Å². The standard InChI is InChI=1S/C15H26N2S/c1-3-10(2)16-14(18)17-15-7-11-4-12(8-15)6-13(5-11)9-15/h10-13H,3-9H2,1-2H3,(H2,16,17,18)/t10-,11?,12?,13?,15?/m1/s1. The third kappa shape index (κ3) is 2.38. The van der Waals surface area contributed by atoms with Gasteiger partial charge in [-0.15, -0.1) is 0 Å². The van der Waals surface area contributed by atoms with Crippen molar-refractivity contribution in [3.05, 3.63) is 0 Å². The van der Waals surface area contributed by atoms with Gasteiger partial charge in [0.2, 0.25) is 0 Å². The summed E-state index contributed by atoms with van der Waals surface area (Å²) < 4.78 is 0. The van der Waals surface area contributed by atoms with Gasteiger partial charge in [0.15, 0.2) is 5.11 Å². The molecule has 0 heterocycles. The maximum Gasteiger partial charge on any atom is 0.166 e. The quantitative estimate of drug-likeness (QED) is 0.767. The Morgan fingerprint density at radius 1 is 1.17 bits per heavy atom. The second kappa shape index (κ2) is 4.66. The van der Waals surface area contributed by atoms with Gasteiger partial charge in [0.1, 0.15) is 0 Å². The number of hydrogen-bond acceptors (Lipinski definition) is 1. The molecule has 0 saturated heterocycles. The van der Waals surface area contributed by atoms with E-state index in [0.29, 0.717) is 11.6 Å². The van der Waals surface area contributed by atoms with Gasteiger partial charge >= 0.3 is 0 Å². The van der Waals surface area contributed by atoms with E-state index in [2.05, 4.69) is 24.5 Å². The smallest absolute Gasteiger partial charge is 0.166 e. The predicted molar refractivity (Wildman–Crippen MR) is 79.5 cm³/mol. The molecule has 18 heavy (non-hydrogen) atoms. The van der Waals surface area contributed by atoms with Gasteiger partial charge in [0.05, 0.1) is 0 Å². The Balaban J connectivity index is 1.63. The predicted octanol–water partition coefficient (Wildman–Crippen LogP) is 3.22. The van der Waals surface area contributed by atoms with E-state index in [1.165, 1.54) is 38.5 Å². The molecule has 4 fully saturated rings. The Morgan fingerprint density at radius 3 is 2.11 bits per heavy atom. The van der Waals surface area contributed by atoms with Crippen molar-refractivity contribution in [3.63, 3.8) is 0 Å². The van der Waals surface area contributed by atoms with Crippen molar-refractivity contribution in [2.75, 3.05) is 0 Å². The summed E-state index contributed by atoms with van der Waals surface area (Å²) in [4.78, 5) is 0. The molecule has 0 unspecified atom stereocenters. The molecular formula is C15H26N2S. The van der Waals surface area contributed by atoms with Gasteiger partial charge in [-0.1, -0.05) is 6.92 Å². The molecule has 4 rings (SSSR count). The molecule has 0 amide bonds. The van der Waals surface area contributed by atoms with Crippen LogP contribution in [0.5, 0.6) is 0 Å². The normalized spacial score (nSPS) is 42.7. The van der Waals surface area contributed by atoms with Crippen LogP contribution in [0.25, 0.3) is 0 Å². The topological polar surface area (TPSA) is 24.1 Å². The number of rotatable bonds is 3. The largest absolute Gasteiger partial charge is 0.360 e. The van der Waals surface area contributed by atoms with Crippen LogP contribution >= 0.6 is 12.2 Å². The summed E-state index contributed by atoms with van der Waals surface area (Å²) in [6, 6.07) is 0.485. The highest BCUT2D eigenvalue weighted by Gasteiger charge is 2.51. The van der Waals surface area contributed by atoms with Crippen LogP contribution in [-0.4, -0.2) is 16.7 Å². The molecule has 4 bridgehead atoms. The van der Waals surface area contributed by atoms with Gasteiger partial charge in [-0.2, -0.15) is 0 Å². The first-order valence-corrected chi connectivity index (χ1v) is 8.08.